The minimum Gasteiger partial charge on any atom is -0.456 e. The van der Waals surface area contributed by atoms with Gasteiger partial charge in [0.2, 0.25) is 0 Å². The molecule has 3 nitrogen and oxygen atoms in total. The molecule has 8 aromatic carbocycles. The number of benzene rings is 8. The van der Waals surface area contributed by atoms with E-state index in [0.29, 0.717) is 0 Å². The molecule has 2 heterocycles. The summed E-state index contributed by atoms with van der Waals surface area (Å²) in [7, 11) is 0. The third kappa shape index (κ3) is 4.44. The van der Waals surface area contributed by atoms with Crippen molar-refractivity contribution in [2.24, 2.45) is 0 Å². The number of rotatable bonds is 5. The van der Waals surface area contributed by atoms with Gasteiger partial charge in [-0.3, -0.25) is 0 Å². The smallest absolute Gasteiger partial charge is 0.137 e. The van der Waals surface area contributed by atoms with Crippen LogP contribution in [0.3, 0.4) is 0 Å². The van der Waals surface area contributed by atoms with Crippen LogP contribution in [0.5, 0.6) is 0 Å². The third-order valence-corrected chi connectivity index (χ3v) is 9.76. The first-order valence-corrected chi connectivity index (χ1v) is 16.7. The van der Waals surface area contributed by atoms with Crippen LogP contribution in [-0.4, -0.2) is 4.57 Å². The number of furan rings is 1. The molecule has 0 radical (unpaired) electrons. The van der Waals surface area contributed by atoms with E-state index in [1.165, 1.54) is 43.7 Å². The van der Waals surface area contributed by atoms with Gasteiger partial charge in [-0.15, -0.1) is 0 Å². The molecule has 0 N–H and O–H groups in total. The molecule has 10 rings (SSSR count). The summed E-state index contributed by atoms with van der Waals surface area (Å²) in [6, 6.07) is 64.9. The summed E-state index contributed by atoms with van der Waals surface area (Å²) < 4.78 is 8.66. The maximum Gasteiger partial charge on any atom is 0.137 e. The van der Waals surface area contributed by atoms with E-state index in [0.717, 1.165) is 44.7 Å². The maximum atomic E-state index is 6.27. The Bertz CT molecular complexity index is 2810. The fraction of sp³-hybridized carbons (Fsp3) is 0. The molecule has 10 aromatic rings. The van der Waals surface area contributed by atoms with E-state index in [9.17, 15) is 0 Å². The van der Waals surface area contributed by atoms with Gasteiger partial charge in [0.05, 0.1) is 22.1 Å². The topological polar surface area (TPSA) is 21.3 Å². The Hall–Kier alpha value is -6.58. The molecule has 0 bridgehead atoms. The van der Waals surface area contributed by atoms with Gasteiger partial charge in [0.1, 0.15) is 11.2 Å². The molecule has 0 amide bonds. The van der Waals surface area contributed by atoms with Crippen LogP contribution in [0.4, 0.5) is 17.1 Å². The molecule has 0 unspecified atom stereocenters. The lowest BCUT2D eigenvalue weighted by atomic mass is 10.0. The van der Waals surface area contributed by atoms with Gasteiger partial charge in [-0.2, -0.15) is 0 Å². The zero-order chi connectivity index (χ0) is 32.3. The van der Waals surface area contributed by atoms with Crippen molar-refractivity contribution in [3.05, 3.63) is 182 Å². The summed E-state index contributed by atoms with van der Waals surface area (Å²) in [5, 5.41) is 7.28. The second-order valence-electron chi connectivity index (χ2n) is 12.6. The molecule has 0 saturated carbocycles. The van der Waals surface area contributed by atoms with Crippen molar-refractivity contribution in [1.82, 2.24) is 4.57 Å². The fourth-order valence-electron chi connectivity index (χ4n) is 7.49. The molecule has 2 aromatic heterocycles. The number of fused-ring (bicyclic) bond motifs is 7. The first-order valence-electron chi connectivity index (χ1n) is 16.7. The number of nitrogens with zero attached hydrogens (tertiary/aromatic N) is 2. The van der Waals surface area contributed by atoms with E-state index < -0.39 is 0 Å². The predicted molar refractivity (Wildman–Crippen MR) is 206 cm³/mol. The Balaban J connectivity index is 1.05. The first kappa shape index (κ1) is 27.5. The van der Waals surface area contributed by atoms with E-state index in [-0.39, 0.29) is 0 Å². The molecule has 0 aliphatic rings. The summed E-state index contributed by atoms with van der Waals surface area (Å²) in [5.41, 5.74) is 11.0. The number of anilines is 3. The highest BCUT2D eigenvalue weighted by atomic mass is 16.3. The minimum atomic E-state index is 0.882. The SMILES string of the molecule is c1ccc(N(c2ccc(-c3ccc(-n4c5ccccc5c5cc6ccccc6cc54)cc3)cc2)c2cccc3oc4ccccc4c23)cc1. The van der Waals surface area contributed by atoms with Gasteiger partial charge in [-0.1, -0.05) is 109 Å². The molecule has 3 heteroatoms. The quantitative estimate of drug-likeness (QED) is 0.190. The van der Waals surface area contributed by atoms with E-state index >= 15 is 0 Å². The standard InChI is InChI=1S/C46H30N2O/c1-2-13-35(14-3-1)47(42-18-10-20-45-46(42)39-16-7-9-19-44(39)49-45)36-25-21-31(22-26-36)32-23-27-37(28-24-32)48-41-17-8-6-15-38(41)40-29-33-11-4-5-12-34(33)30-43(40)48/h1-30H. The molecule has 0 saturated heterocycles. The second-order valence-corrected chi connectivity index (χ2v) is 12.6. The van der Waals surface area contributed by atoms with Crippen molar-refractivity contribution in [2.45, 2.75) is 0 Å². The summed E-state index contributed by atoms with van der Waals surface area (Å²) >= 11 is 0. The largest absolute Gasteiger partial charge is 0.456 e. The van der Waals surface area contributed by atoms with Crippen LogP contribution >= 0.6 is 0 Å². The summed E-state index contributed by atoms with van der Waals surface area (Å²) in [6.45, 7) is 0. The molecule has 0 spiro atoms. The summed E-state index contributed by atoms with van der Waals surface area (Å²) in [4.78, 5) is 2.32. The van der Waals surface area contributed by atoms with Gasteiger partial charge in [-0.25, -0.2) is 0 Å². The molecular weight excluding hydrogens is 597 g/mol. The van der Waals surface area contributed by atoms with E-state index in [2.05, 4.69) is 179 Å². The Kier molecular flexibility index (Phi) is 6.18. The molecule has 0 atom stereocenters. The lowest BCUT2D eigenvalue weighted by molar-refractivity contribution is 0.669. The van der Waals surface area contributed by atoms with E-state index in [4.69, 9.17) is 4.42 Å². The summed E-state index contributed by atoms with van der Waals surface area (Å²) in [5.74, 6) is 0. The summed E-state index contributed by atoms with van der Waals surface area (Å²) in [6.07, 6.45) is 0. The average molecular weight is 627 g/mol. The van der Waals surface area contributed by atoms with Crippen molar-refractivity contribution in [2.75, 3.05) is 4.90 Å². The van der Waals surface area contributed by atoms with Crippen LogP contribution in [0.15, 0.2) is 186 Å². The average Bonchev–Trinajstić information content (AvgIpc) is 3.71. The minimum absolute atomic E-state index is 0.882. The van der Waals surface area contributed by atoms with Gasteiger partial charge in [-0.05, 0) is 94.7 Å². The fourth-order valence-corrected chi connectivity index (χ4v) is 7.49. The van der Waals surface area contributed by atoms with E-state index in [1.54, 1.807) is 0 Å². The predicted octanol–water partition coefficient (Wildman–Crippen LogP) is 13.0. The maximum absolute atomic E-state index is 6.27. The Labute approximate surface area is 283 Å². The van der Waals surface area contributed by atoms with Crippen molar-refractivity contribution in [3.8, 4) is 16.8 Å². The number of hydrogen-bond donors (Lipinski definition) is 0. The van der Waals surface area contributed by atoms with Crippen molar-refractivity contribution in [1.29, 1.82) is 0 Å². The molecule has 49 heavy (non-hydrogen) atoms. The molecule has 0 fully saturated rings. The second kappa shape index (κ2) is 11.0. The molecular formula is C46H30N2O. The van der Waals surface area contributed by atoms with Crippen molar-refractivity contribution >= 4 is 71.6 Å². The Morgan fingerprint density at radius 1 is 0.408 bits per heavy atom. The van der Waals surface area contributed by atoms with E-state index in [1.807, 2.05) is 12.1 Å². The lowest BCUT2D eigenvalue weighted by Gasteiger charge is -2.26. The number of aromatic nitrogens is 1. The third-order valence-electron chi connectivity index (χ3n) is 9.76. The Morgan fingerprint density at radius 2 is 1.02 bits per heavy atom. The van der Waals surface area contributed by atoms with Crippen molar-refractivity contribution in [3.63, 3.8) is 0 Å². The van der Waals surface area contributed by atoms with Gasteiger partial charge < -0.3 is 13.9 Å². The van der Waals surface area contributed by atoms with Crippen LogP contribution < -0.4 is 4.90 Å². The van der Waals surface area contributed by atoms with Gasteiger partial charge in [0.25, 0.3) is 0 Å². The van der Waals surface area contributed by atoms with Crippen LogP contribution in [-0.2, 0) is 0 Å². The van der Waals surface area contributed by atoms with Crippen LogP contribution in [0.2, 0.25) is 0 Å². The lowest BCUT2D eigenvalue weighted by Crippen LogP contribution is -2.10. The zero-order valence-corrected chi connectivity index (χ0v) is 26.6. The van der Waals surface area contributed by atoms with Crippen LogP contribution in [0, 0.1) is 0 Å². The molecule has 230 valence electrons. The highest BCUT2D eigenvalue weighted by Gasteiger charge is 2.19. The van der Waals surface area contributed by atoms with Crippen molar-refractivity contribution < 1.29 is 4.42 Å². The zero-order valence-electron chi connectivity index (χ0n) is 26.6. The van der Waals surface area contributed by atoms with Crippen LogP contribution in [0.1, 0.15) is 0 Å². The Morgan fingerprint density at radius 3 is 1.82 bits per heavy atom. The highest BCUT2D eigenvalue weighted by molar-refractivity contribution is 6.14. The normalized spacial score (nSPS) is 11.7. The van der Waals surface area contributed by atoms with Gasteiger partial charge in [0.15, 0.2) is 0 Å². The van der Waals surface area contributed by atoms with Gasteiger partial charge in [0, 0.05) is 33.2 Å². The number of para-hydroxylation sites is 3. The van der Waals surface area contributed by atoms with Crippen LogP contribution in [0.25, 0.3) is 71.3 Å². The molecule has 0 aliphatic heterocycles. The first-order chi connectivity index (χ1) is 24.3. The molecule has 0 aliphatic carbocycles. The highest BCUT2D eigenvalue weighted by Crippen LogP contribution is 2.43. The monoisotopic (exact) mass is 626 g/mol. The number of hydrogen-bond acceptors (Lipinski definition) is 2. The van der Waals surface area contributed by atoms with Gasteiger partial charge >= 0.3 is 0 Å².